The number of aliphatic carboxylic acids is 1. The maximum Gasteiger partial charge on any atom is 0.326 e. The number of nitrogens with zero attached hydrogens (tertiary/aromatic N) is 1. The molecule has 0 bridgehead atoms. The van der Waals surface area contributed by atoms with Crippen molar-refractivity contribution in [3.05, 3.63) is 119 Å². The Bertz CT molecular complexity index is 1750. The minimum Gasteiger partial charge on any atom is -0.480 e. The standard InChI is InChI=1S/C42H46N2O4/c1-42(2,3)35-21-19-32(20-22-35)34-18-17-33-23-24-44(38(45)26-28-9-7-8-10-28)39(36(33)27-34)40(46)43-37(41(47)48)25-29-13-15-31(16-14-29)30-11-5-4-6-12-30/h4-6,11-22,27-28,37,39H,7-10,23-26H2,1-3H3,(H,43,46)(H,47,48)/t37-,39?/m0/s1. The predicted octanol–water partition coefficient (Wildman–Crippen LogP) is 8.14. The number of carbonyl (C=O) groups excluding carboxylic acids is 2. The van der Waals surface area contributed by atoms with Crippen LogP contribution in [0.2, 0.25) is 0 Å². The number of amides is 2. The van der Waals surface area contributed by atoms with E-state index in [1.807, 2.05) is 60.7 Å². The van der Waals surface area contributed by atoms with Crippen LogP contribution in [0.15, 0.2) is 97.1 Å². The Morgan fingerprint density at radius 2 is 1.42 bits per heavy atom. The first-order valence-corrected chi connectivity index (χ1v) is 17.3. The molecule has 1 fully saturated rings. The summed E-state index contributed by atoms with van der Waals surface area (Å²) < 4.78 is 0. The first-order chi connectivity index (χ1) is 23.1. The molecule has 2 aliphatic rings. The third kappa shape index (κ3) is 7.54. The molecule has 1 saturated carbocycles. The maximum atomic E-state index is 14.3. The van der Waals surface area contributed by atoms with Crippen molar-refractivity contribution >= 4 is 17.8 Å². The van der Waals surface area contributed by atoms with Gasteiger partial charge in [0.1, 0.15) is 12.1 Å². The van der Waals surface area contributed by atoms with E-state index in [9.17, 15) is 19.5 Å². The largest absolute Gasteiger partial charge is 0.480 e. The van der Waals surface area contributed by atoms with Crippen LogP contribution in [0.1, 0.15) is 81.2 Å². The average molecular weight is 643 g/mol. The van der Waals surface area contributed by atoms with Gasteiger partial charge in [-0.05, 0) is 81.2 Å². The van der Waals surface area contributed by atoms with E-state index >= 15 is 0 Å². The fourth-order valence-electron chi connectivity index (χ4n) is 7.24. The minimum atomic E-state index is -1.15. The number of rotatable bonds is 9. The lowest BCUT2D eigenvalue weighted by atomic mass is 9.85. The van der Waals surface area contributed by atoms with Crippen molar-refractivity contribution in [3.63, 3.8) is 0 Å². The number of hydrogen-bond acceptors (Lipinski definition) is 3. The van der Waals surface area contributed by atoms with Crippen molar-refractivity contribution in [2.45, 2.75) is 83.2 Å². The number of carboxylic acids is 1. The molecule has 248 valence electrons. The third-order valence-corrected chi connectivity index (χ3v) is 10.1. The van der Waals surface area contributed by atoms with Crippen LogP contribution in [0.25, 0.3) is 22.3 Å². The van der Waals surface area contributed by atoms with Gasteiger partial charge in [0.2, 0.25) is 11.8 Å². The molecule has 0 spiro atoms. The highest BCUT2D eigenvalue weighted by molar-refractivity contribution is 5.92. The van der Waals surface area contributed by atoms with Crippen molar-refractivity contribution < 1.29 is 19.5 Å². The molecule has 4 aromatic rings. The molecule has 1 unspecified atom stereocenters. The molecule has 1 aliphatic carbocycles. The Labute approximate surface area is 284 Å². The number of nitrogens with one attached hydrogen (secondary N) is 1. The molecular formula is C42H46N2O4. The molecule has 48 heavy (non-hydrogen) atoms. The molecule has 1 aliphatic heterocycles. The molecule has 6 nitrogen and oxygen atoms in total. The second kappa shape index (κ2) is 14.2. The number of carbonyl (C=O) groups is 3. The van der Waals surface area contributed by atoms with Crippen LogP contribution < -0.4 is 5.32 Å². The zero-order chi connectivity index (χ0) is 33.8. The lowest BCUT2D eigenvalue weighted by Gasteiger charge is -2.37. The molecule has 1 heterocycles. The van der Waals surface area contributed by atoms with Gasteiger partial charge in [0.15, 0.2) is 0 Å². The number of carboxylic acid groups (broad SMARTS) is 1. The van der Waals surface area contributed by atoms with E-state index in [1.165, 1.54) is 5.56 Å². The Hall–Kier alpha value is -4.71. The first-order valence-electron chi connectivity index (χ1n) is 17.3. The molecule has 6 heteroatoms. The van der Waals surface area contributed by atoms with Gasteiger partial charge in [-0.25, -0.2) is 4.79 Å². The van der Waals surface area contributed by atoms with Crippen molar-refractivity contribution in [1.82, 2.24) is 10.2 Å². The minimum absolute atomic E-state index is 0.0301. The van der Waals surface area contributed by atoms with E-state index in [4.69, 9.17) is 0 Å². The van der Waals surface area contributed by atoms with E-state index in [0.29, 0.717) is 25.3 Å². The lowest BCUT2D eigenvalue weighted by molar-refractivity contribution is -0.145. The quantitative estimate of drug-likeness (QED) is 0.193. The van der Waals surface area contributed by atoms with Crippen molar-refractivity contribution in [3.8, 4) is 22.3 Å². The van der Waals surface area contributed by atoms with Gasteiger partial charge >= 0.3 is 5.97 Å². The summed E-state index contributed by atoms with van der Waals surface area (Å²) in [6.07, 6.45) is 5.53. The van der Waals surface area contributed by atoms with Crippen molar-refractivity contribution in [2.75, 3.05) is 6.54 Å². The Balaban J connectivity index is 1.28. The van der Waals surface area contributed by atoms with Crippen molar-refractivity contribution in [2.24, 2.45) is 5.92 Å². The van der Waals surface area contributed by atoms with Crippen molar-refractivity contribution in [1.29, 1.82) is 0 Å². The van der Waals surface area contributed by atoms with Gasteiger partial charge in [0, 0.05) is 19.4 Å². The van der Waals surface area contributed by atoms with Gasteiger partial charge in [0.05, 0.1) is 0 Å². The van der Waals surface area contributed by atoms with E-state index in [1.54, 1.807) is 4.90 Å². The van der Waals surface area contributed by atoms with Crippen LogP contribution in [0.4, 0.5) is 0 Å². The third-order valence-electron chi connectivity index (χ3n) is 10.1. The maximum absolute atomic E-state index is 14.3. The Morgan fingerprint density at radius 3 is 2.06 bits per heavy atom. The summed E-state index contributed by atoms with van der Waals surface area (Å²) >= 11 is 0. The molecule has 0 aromatic heterocycles. The smallest absolute Gasteiger partial charge is 0.326 e. The molecule has 6 rings (SSSR count). The van der Waals surface area contributed by atoms with Gasteiger partial charge in [-0.3, -0.25) is 9.59 Å². The number of fused-ring (bicyclic) bond motifs is 1. The average Bonchev–Trinajstić information content (AvgIpc) is 3.60. The molecule has 2 amide bonds. The van der Waals surface area contributed by atoms with E-state index in [-0.39, 0.29) is 17.7 Å². The normalized spacial score (nSPS) is 17.1. The van der Waals surface area contributed by atoms with Gasteiger partial charge in [-0.2, -0.15) is 0 Å². The van der Waals surface area contributed by atoms with Crippen LogP contribution in [-0.4, -0.2) is 40.4 Å². The Morgan fingerprint density at radius 1 is 0.812 bits per heavy atom. The highest BCUT2D eigenvalue weighted by Crippen LogP contribution is 2.37. The van der Waals surface area contributed by atoms with E-state index in [0.717, 1.165) is 64.6 Å². The van der Waals surface area contributed by atoms with E-state index in [2.05, 4.69) is 62.5 Å². The zero-order valence-electron chi connectivity index (χ0n) is 28.2. The summed E-state index contributed by atoms with van der Waals surface area (Å²) in [7, 11) is 0. The SMILES string of the molecule is CC(C)(C)c1ccc(-c2ccc3c(c2)C(C(=O)N[C@@H](Cc2ccc(-c4ccccc4)cc2)C(=O)O)N(C(=O)CC2CCCC2)CC3)cc1. The van der Waals surface area contributed by atoms with Gasteiger partial charge in [-0.1, -0.05) is 125 Å². The second-order valence-corrected chi connectivity index (χ2v) is 14.5. The molecule has 4 aromatic carbocycles. The highest BCUT2D eigenvalue weighted by Gasteiger charge is 2.38. The summed E-state index contributed by atoms with van der Waals surface area (Å²) in [6.45, 7) is 6.98. The fraction of sp³-hybridized carbons (Fsp3) is 0.357. The van der Waals surface area contributed by atoms with Crippen LogP contribution in [0.5, 0.6) is 0 Å². The monoisotopic (exact) mass is 642 g/mol. The first kappa shape index (κ1) is 33.2. The summed E-state index contributed by atoms with van der Waals surface area (Å²) in [5.74, 6) is -1.26. The van der Waals surface area contributed by atoms with Gasteiger partial charge in [0.25, 0.3) is 0 Å². The molecule has 0 radical (unpaired) electrons. The van der Waals surface area contributed by atoms with Gasteiger partial charge < -0.3 is 15.3 Å². The summed E-state index contributed by atoms with van der Waals surface area (Å²) in [5, 5.41) is 13.1. The van der Waals surface area contributed by atoms with E-state index < -0.39 is 24.0 Å². The molecule has 2 atom stereocenters. The number of benzene rings is 4. The topological polar surface area (TPSA) is 86.7 Å². The number of hydrogen-bond donors (Lipinski definition) is 2. The molecular weight excluding hydrogens is 596 g/mol. The van der Waals surface area contributed by atoms with Crippen LogP contribution in [-0.2, 0) is 32.6 Å². The summed E-state index contributed by atoms with van der Waals surface area (Å²) in [6, 6.07) is 30.4. The van der Waals surface area contributed by atoms with Crippen LogP contribution in [0.3, 0.4) is 0 Å². The van der Waals surface area contributed by atoms with Crippen LogP contribution in [0, 0.1) is 5.92 Å². The zero-order valence-corrected chi connectivity index (χ0v) is 28.2. The summed E-state index contributed by atoms with van der Waals surface area (Å²) in [4.78, 5) is 42.4. The fourth-order valence-corrected chi connectivity index (χ4v) is 7.24. The summed E-state index contributed by atoms with van der Waals surface area (Å²) in [5.41, 5.74) is 7.96. The second-order valence-electron chi connectivity index (χ2n) is 14.5. The van der Waals surface area contributed by atoms with Crippen LogP contribution >= 0.6 is 0 Å². The van der Waals surface area contributed by atoms with Gasteiger partial charge in [-0.15, -0.1) is 0 Å². The Kier molecular flexibility index (Phi) is 9.81. The molecule has 2 N–H and O–H groups in total. The molecule has 0 saturated heterocycles. The predicted molar refractivity (Wildman–Crippen MR) is 190 cm³/mol. The highest BCUT2D eigenvalue weighted by atomic mass is 16.4. The lowest BCUT2D eigenvalue weighted by Crippen LogP contribution is -2.51.